The first kappa shape index (κ1) is 23.4. The van der Waals surface area contributed by atoms with Gasteiger partial charge in [-0.2, -0.15) is 0 Å². The van der Waals surface area contributed by atoms with Crippen LogP contribution in [0.5, 0.6) is 0 Å². The molecule has 10 heteroatoms. The van der Waals surface area contributed by atoms with E-state index in [2.05, 4.69) is 5.32 Å². The van der Waals surface area contributed by atoms with Crippen LogP contribution in [0.1, 0.15) is 24.0 Å². The molecule has 0 unspecified atom stereocenters. The molecular formula is C21H23Cl2N3O4S. The molecule has 31 heavy (non-hydrogen) atoms. The molecule has 2 aromatic carbocycles. The van der Waals surface area contributed by atoms with Gasteiger partial charge in [0.05, 0.1) is 17.0 Å². The lowest BCUT2D eigenvalue weighted by Crippen LogP contribution is -2.40. The quantitative estimate of drug-likeness (QED) is 0.624. The normalized spacial score (nSPS) is 14.0. The number of amides is 2. The first-order valence-electron chi connectivity index (χ1n) is 9.68. The van der Waals surface area contributed by atoms with Crippen molar-refractivity contribution in [3.05, 3.63) is 63.6 Å². The number of carbonyl (C=O) groups excluding carboxylic acids is 2. The highest BCUT2D eigenvalue weighted by molar-refractivity contribution is 7.92. The average molecular weight is 484 g/mol. The SMILES string of the molecule is CS(=O)(=O)N(CC(=O)NCc1cccc(CN2CCCC2=O)c1)c1cc(Cl)ccc1Cl. The highest BCUT2D eigenvalue weighted by Gasteiger charge is 2.23. The van der Waals surface area contributed by atoms with E-state index < -0.39 is 22.5 Å². The van der Waals surface area contributed by atoms with E-state index in [1.54, 1.807) is 0 Å². The highest BCUT2D eigenvalue weighted by atomic mass is 35.5. The molecule has 0 saturated carbocycles. The highest BCUT2D eigenvalue weighted by Crippen LogP contribution is 2.30. The molecule has 1 aliphatic heterocycles. The van der Waals surface area contributed by atoms with Gasteiger partial charge in [0, 0.05) is 31.1 Å². The van der Waals surface area contributed by atoms with Crippen molar-refractivity contribution in [1.82, 2.24) is 10.2 Å². The van der Waals surface area contributed by atoms with E-state index in [0.717, 1.165) is 34.7 Å². The van der Waals surface area contributed by atoms with E-state index in [0.29, 0.717) is 18.0 Å². The fourth-order valence-corrected chi connectivity index (χ4v) is 4.67. The van der Waals surface area contributed by atoms with Crippen LogP contribution in [0.4, 0.5) is 5.69 Å². The summed E-state index contributed by atoms with van der Waals surface area (Å²) in [5, 5.41) is 3.21. The molecule has 1 N–H and O–H groups in total. The minimum atomic E-state index is -3.77. The van der Waals surface area contributed by atoms with Crippen LogP contribution in [0.2, 0.25) is 10.0 Å². The lowest BCUT2D eigenvalue weighted by atomic mass is 10.1. The van der Waals surface area contributed by atoms with Gasteiger partial charge in [0.25, 0.3) is 0 Å². The smallest absolute Gasteiger partial charge is 0.241 e. The maximum absolute atomic E-state index is 12.5. The Labute approximate surface area is 192 Å². The molecule has 0 radical (unpaired) electrons. The van der Waals surface area contributed by atoms with Crippen molar-refractivity contribution in [2.45, 2.75) is 25.9 Å². The van der Waals surface area contributed by atoms with Crippen LogP contribution in [0.3, 0.4) is 0 Å². The summed E-state index contributed by atoms with van der Waals surface area (Å²) in [6.45, 7) is 1.09. The molecule has 1 aliphatic rings. The van der Waals surface area contributed by atoms with Crippen LogP contribution in [0.15, 0.2) is 42.5 Å². The summed E-state index contributed by atoms with van der Waals surface area (Å²) >= 11 is 12.1. The van der Waals surface area contributed by atoms with E-state index >= 15 is 0 Å². The number of nitrogens with zero attached hydrogens (tertiary/aromatic N) is 2. The molecule has 2 amide bonds. The average Bonchev–Trinajstić information content (AvgIpc) is 3.10. The summed E-state index contributed by atoms with van der Waals surface area (Å²) in [5.74, 6) is -0.333. The molecule has 0 atom stereocenters. The molecular weight excluding hydrogens is 461 g/mol. The minimum Gasteiger partial charge on any atom is -0.350 e. The Balaban J connectivity index is 1.65. The van der Waals surface area contributed by atoms with Crippen molar-refractivity contribution in [2.24, 2.45) is 0 Å². The number of nitrogens with one attached hydrogen (secondary N) is 1. The fraction of sp³-hybridized carbons (Fsp3) is 0.333. The van der Waals surface area contributed by atoms with E-state index in [1.165, 1.54) is 18.2 Å². The number of carbonyl (C=O) groups is 2. The summed E-state index contributed by atoms with van der Waals surface area (Å²) in [4.78, 5) is 26.1. The first-order valence-corrected chi connectivity index (χ1v) is 12.3. The molecule has 0 bridgehead atoms. The standard InChI is InChI=1S/C21H23Cl2N3O4S/c1-31(29,30)26(19-11-17(22)7-8-18(19)23)14-20(27)24-12-15-4-2-5-16(10-15)13-25-9-3-6-21(25)28/h2,4-5,7-8,10-11H,3,6,9,12-14H2,1H3,(H,24,27). The second-order valence-electron chi connectivity index (χ2n) is 7.38. The van der Waals surface area contributed by atoms with Gasteiger partial charge in [0.1, 0.15) is 6.54 Å². The van der Waals surface area contributed by atoms with Crippen molar-refractivity contribution >= 4 is 50.7 Å². The van der Waals surface area contributed by atoms with Gasteiger partial charge in [0.15, 0.2) is 0 Å². The number of sulfonamides is 1. The largest absolute Gasteiger partial charge is 0.350 e. The van der Waals surface area contributed by atoms with E-state index in [9.17, 15) is 18.0 Å². The molecule has 1 saturated heterocycles. The second-order valence-corrected chi connectivity index (χ2v) is 10.1. The van der Waals surface area contributed by atoms with Crippen LogP contribution in [0, 0.1) is 0 Å². The predicted molar refractivity (Wildman–Crippen MR) is 122 cm³/mol. The number of halogens is 2. The van der Waals surface area contributed by atoms with Crippen molar-refractivity contribution in [2.75, 3.05) is 23.7 Å². The Bertz CT molecular complexity index is 1090. The maximum atomic E-state index is 12.5. The molecule has 7 nitrogen and oxygen atoms in total. The molecule has 3 rings (SSSR count). The Morgan fingerprint density at radius 1 is 1.16 bits per heavy atom. The van der Waals surface area contributed by atoms with Crippen molar-refractivity contribution < 1.29 is 18.0 Å². The van der Waals surface area contributed by atoms with Gasteiger partial charge < -0.3 is 10.2 Å². The summed E-state index contributed by atoms with van der Waals surface area (Å²) in [5.41, 5.74) is 1.97. The molecule has 1 heterocycles. The number of hydrogen-bond acceptors (Lipinski definition) is 4. The van der Waals surface area contributed by atoms with Crippen molar-refractivity contribution in [3.8, 4) is 0 Å². The van der Waals surface area contributed by atoms with Gasteiger partial charge >= 0.3 is 0 Å². The van der Waals surface area contributed by atoms with E-state index in [-0.39, 0.29) is 23.2 Å². The van der Waals surface area contributed by atoms with Gasteiger partial charge in [0.2, 0.25) is 21.8 Å². The first-order chi connectivity index (χ1) is 14.6. The molecule has 0 aromatic heterocycles. The van der Waals surface area contributed by atoms with E-state index in [4.69, 9.17) is 23.2 Å². The van der Waals surface area contributed by atoms with Crippen LogP contribution in [-0.2, 0) is 32.7 Å². The summed E-state index contributed by atoms with van der Waals surface area (Å²) in [6.07, 6.45) is 2.46. The lowest BCUT2D eigenvalue weighted by molar-refractivity contribution is -0.128. The monoisotopic (exact) mass is 483 g/mol. The summed E-state index contributed by atoms with van der Waals surface area (Å²) < 4.78 is 25.4. The van der Waals surface area contributed by atoms with Gasteiger partial charge in [-0.25, -0.2) is 8.42 Å². The topological polar surface area (TPSA) is 86.8 Å². The van der Waals surface area contributed by atoms with Gasteiger partial charge in [-0.1, -0.05) is 47.5 Å². The van der Waals surface area contributed by atoms with Crippen molar-refractivity contribution in [3.63, 3.8) is 0 Å². The van der Waals surface area contributed by atoms with Crippen LogP contribution >= 0.6 is 23.2 Å². The Morgan fingerprint density at radius 3 is 2.58 bits per heavy atom. The summed E-state index contributed by atoms with van der Waals surface area (Å²) in [6, 6.07) is 12.0. The van der Waals surface area contributed by atoms with E-state index in [1.807, 2.05) is 29.2 Å². The van der Waals surface area contributed by atoms with Crippen LogP contribution in [-0.4, -0.2) is 44.5 Å². The van der Waals surface area contributed by atoms with Gasteiger partial charge in [-0.05, 0) is 35.7 Å². The predicted octanol–water partition coefficient (Wildman–Crippen LogP) is 3.20. The lowest BCUT2D eigenvalue weighted by Gasteiger charge is -2.23. The number of rotatable bonds is 8. The molecule has 1 fully saturated rings. The zero-order chi connectivity index (χ0) is 22.6. The molecule has 0 spiro atoms. The number of hydrogen-bond donors (Lipinski definition) is 1. The third-order valence-corrected chi connectivity index (χ3v) is 6.57. The molecule has 166 valence electrons. The van der Waals surface area contributed by atoms with Crippen LogP contribution in [0.25, 0.3) is 0 Å². The molecule has 2 aromatic rings. The maximum Gasteiger partial charge on any atom is 0.241 e. The zero-order valence-electron chi connectivity index (χ0n) is 17.0. The zero-order valence-corrected chi connectivity index (χ0v) is 19.3. The second kappa shape index (κ2) is 9.89. The number of likely N-dealkylation sites (tertiary alicyclic amines) is 1. The Morgan fingerprint density at radius 2 is 1.90 bits per heavy atom. The van der Waals surface area contributed by atoms with Crippen LogP contribution < -0.4 is 9.62 Å². The Hall–Kier alpha value is -2.29. The number of anilines is 1. The van der Waals surface area contributed by atoms with Gasteiger partial charge in [-0.15, -0.1) is 0 Å². The third kappa shape index (κ3) is 6.35. The minimum absolute atomic E-state index is 0.143. The Kier molecular flexibility index (Phi) is 7.46. The summed E-state index contributed by atoms with van der Waals surface area (Å²) in [7, 11) is -3.77. The van der Waals surface area contributed by atoms with Crippen molar-refractivity contribution in [1.29, 1.82) is 0 Å². The fourth-order valence-electron chi connectivity index (χ4n) is 3.37. The third-order valence-electron chi connectivity index (χ3n) is 4.89. The molecule has 0 aliphatic carbocycles. The van der Waals surface area contributed by atoms with Gasteiger partial charge in [-0.3, -0.25) is 13.9 Å². The number of benzene rings is 2.